The molecule has 1 aromatic carbocycles. The van der Waals surface area contributed by atoms with E-state index in [1.54, 1.807) is 0 Å². The van der Waals surface area contributed by atoms with E-state index in [4.69, 9.17) is 0 Å². The van der Waals surface area contributed by atoms with Crippen molar-refractivity contribution >= 4 is 11.8 Å². The summed E-state index contributed by atoms with van der Waals surface area (Å²) < 4.78 is 0. The lowest BCUT2D eigenvalue weighted by atomic mass is 9.97. The first-order chi connectivity index (χ1) is 9.08. The Morgan fingerprint density at radius 3 is 2.47 bits per heavy atom. The molecular formula is C14H13N3OS. The van der Waals surface area contributed by atoms with Gasteiger partial charge in [-0.1, -0.05) is 30.0 Å². The van der Waals surface area contributed by atoms with Crippen molar-refractivity contribution in [3.05, 3.63) is 45.2 Å². The number of nitrogens with one attached hydrogen (secondary N) is 1. The molecule has 0 spiro atoms. The Morgan fingerprint density at radius 2 is 1.95 bits per heavy atom. The number of aryl methyl sites for hydroxylation is 2. The highest BCUT2D eigenvalue weighted by Crippen LogP contribution is 2.27. The molecule has 0 atom stereocenters. The lowest BCUT2D eigenvalue weighted by molar-refractivity contribution is 0.936. The molecule has 1 heterocycles. The van der Waals surface area contributed by atoms with Crippen molar-refractivity contribution in [3.63, 3.8) is 0 Å². The van der Waals surface area contributed by atoms with Gasteiger partial charge in [0.05, 0.1) is 5.69 Å². The molecule has 5 heteroatoms. The second-order valence-corrected chi connectivity index (χ2v) is 4.97. The third kappa shape index (κ3) is 2.40. The topological polar surface area (TPSA) is 69.5 Å². The van der Waals surface area contributed by atoms with Crippen LogP contribution in [0.5, 0.6) is 0 Å². The van der Waals surface area contributed by atoms with Gasteiger partial charge in [-0.25, -0.2) is 4.98 Å². The molecule has 0 aliphatic carbocycles. The van der Waals surface area contributed by atoms with Gasteiger partial charge in [0.25, 0.3) is 5.56 Å². The molecule has 1 aromatic heterocycles. The Hall–Kier alpha value is -2.06. The zero-order chi connectivity index (χ0) is 14.0. The highest BCUT2D eigenvalue weighted by Gasteiger charge is 2.16. The lowest BCUT2D eigenvalue weighted by Gasteiger charge is -2.10. The van der Waals surface area contributed by atoms with Gasteiger partial charge < -0.3 is 4.98 Å². The first-order valence-corrected chi connectivity index (χ1v) is 6.96. The Morgan fingerprint density at radius 1 is 1.32 bits per heavy atom. The summed E-state index contributed by atoms with van der Waals surface area (Å²) in [6.07, 6.45) is 1.83. The van der Waals surface area contributed by atoms with Crippen LogP contribution in [0.15, 0.2) is 28.2 Å². The second kappa shape index (κ2) is 5.29. The molecular weight excluding hydrogens is 258 g/mol. The fraction of sp³-hybridized carbons (Fsp3) is 0.214. The number of nitrogens with zero attached hydrogens (tertiary/aromatic N) is 2. The number of aromatic nitrogens is 2. The lowest BCUT2D eigenvalue weighted by Crippen LogP contribution is -2.15. The normalized spacial score (nSPS) is 10.2. The number of aromatic amines is 1. The van der Waals surface area contributed by atoms with Crippen LogP contribution in [0.1, 0.15) is 16.7 Å². The molecule has 96 valence electrons. The maximum absolute atomic E-state index is 11.9. The minimum absolute atomic E-state index is 0.0650. The third-order valence-corrected chi connectivity index (χ3v) is 3.50. The van der Waals surface area contributed by atoms with Crippen molar-refractivity contribution in [2.24, 2.45) is 0 Å². The minimum atomic E-state index is -0.389. The smallest absolute Gasteiger partial charge is 0.270 e. The summed E-state index contributed by atoms with van der Waals surface area (Å²) in [5.41, 5.74) is 3.00. The van der Waals surface area contributed by atoms with Gasteiger partial charge in [-0.05, 0) is 31.2 Å². The van der Waals surface area contributed by atoms with Gasteiger partial charge in [0.1, 0.15) is 11.6 Å². The van der Waals surface area contributed by atoms with Gasteiger partial charge in [-0.2, -0.15) is 5.26 Å². The predicted molar refractivity (Wildman–Crippen MR) is 76.3 cm³/mol. The van der Waals surface area contributed by atoms with Crippen LogP contribution in [-0.2, 0) is 0 Å². The number of hydrogen-bond donors (Lipinski definition) is 1. The Kier molecular flexibility index (Phi) is 3.72. The quantitative estimate of drug-likeness (QED) is 0.673. The van der Waals surface area contributed by atoms with E-state index in [9.17, 15) is 10.1 Å². The number of rotatable bonds is 2. The van der Waals surface area contributed by atoms with Crippen LogP contribution in [0.3, 0.4) is 0 Å². The fourth-order valence-corrected chi connectivity index (χ4v) is 2.40. The van der Waals surface area contributed by atoms with Crippen molar-refractivity contribution in [1.29, 1.82) is 5.26 Å². The van der Waals surface area contributed by atoms with E-state index in [0.29, 0.717) is 10.9 Å². The van der Waals surface area contributed by atoms with E-state index < -0.39 is 0 Å². The second-order valence-electron chi connectivity index (χ2n) is 4.18. The van der Waals surface area contributed by atoms with Gasteiger partial charge in [0.2, 0.25) is 0 Å². The number of nitriles is 1. The summed E-state index contributed by atoms with van der Waals surface area (Å²) in [5.74, 6) is 0. The van der Waals surface area contributed by atoms with E-state index in [0.717, 1.165) is 16.7 Å². The van der Waals surface area contributed by atoms with Crippen molar-refractivity contribution in [2.45, 2.75) is 19.0 Å². The first-order valence-electron chi connectivity index (χ1n) is 5.73. The van der Waals surface area contributed by atoms with E-state index in [1.807, 2.05) is 44.4 Å². The average molecular weight is 271 g/mol. The standard InChI is InChI=1S/C14H13N3OS/c1-8-5-4-6-9(2)11(8)12-10(7-15)13(18)17-14(16-12)19-3/h4-6H,1-3H3,(H,16,17,18). The van der Waals surface area contributed by atoms with E-state index in [-0.39, 0.29) is 11.1 Å². The summed E-state index contributed by atoms with van der Waals surface area (Å²) in [6, 6.07) is 7.80. The van der Waals surface area contributed by atoms with Crippen molar-refractivity contribution in [1.82, 2.24) is 9.97 Å². The summed E-state index contributed by atoms with van der Waals surface area (Å²) in [6.45, 7) is 3.90. The van der Waals surface area contributed by atoms with Crippen LogP contribution in [0.4, 0.5) is 0 Å². The molecule has 0 amide bonds. The molecule has 2 aromatic rings. The summed E-state index contributed by atoms with van der Waals surface area (Å²) in [5, 5.41) is 9.70. The van der Waals surface area contributed by atoms with Gasteiger partial charge in [0.15, 0.2) is 5.16 Å². The monoisotopic (exact) mass is 271 g/mol. The summed E-state index contributed by atoms with van der Waals surface area (Å²) in [7, 11) is 0. The average Bonchev–Trinajstić information content (AvgIpc) is 2.38. The number of hydrogen-bond acceptors (Lipinski definition) is 4. The van der Waals surface area contributed by atoms with Crippen LogP contribution in [0.25, 0.3) is 11.3 Å². The first kappa shape index (κ1) is 13.4. The van der Waals surface area contributed by atoms with Crippen molar-refractivity contribution in [2.75, 3.05) is 6.26 Å². The minimum Gasteiger partial charge on any atom is -0.300 e. The molecule has 0 saturated carbocycles. The molecule has 2 rings (SSSR count). The number of benzene rings is 1. The van der Waals surface area contributed by atoms with Crippen LogP contribution in [0.2, 0.25) is 0 Å². The number of H-pyrrole nitrogens is 1. The summed E-state index contributed by atoms with van der Waals surface area (Å²) in [4.78, 5) is 18.9. The van der Waals surface area contributed by atoms with Crippen LogP contribution in [-0.4, -0.2) is 16.2 Å². The fourth-order valence-electron chi connectivity index (χ4n) is 2.02. The van der Waals surface area contributed by atoms with Crippen LogP contribution >= 0.6 is 11.8 Å². The molecule has 0 aliphatic heterocycles. The highest BCUT2D eigenvalue weighted by atomic mass is 32.2. The van der Waals surface area contributed by atoms with Crippen LogP contribution < -0.4 is 5.56 Å². The zero-order valence-corrected chi connectivity index (χ0v) is 11.8. The predicted octanol–water partition coefficient (Wildman–Crippen LogP) is 2.65. The third-order valence-electron chi connectivity index (χ3n) is 2.92. The molecule has 0 aliphatic rings. The van der Waals surface area contributed by atoms with E-state index >= 15 is 0 Å². The maximum Gasteiger partial charge on any atom is 0.270 e. The Balaban J connectivity index is 2.86. The van der Waals surface area contributed by atoms with Crippen molar-refractivity contribution < 1.29 is 0 Å². The molecule has 1 N–H and O–H groups in total. The van der Waals surface area contributed by atoms with Gasteiger partial charge in [-0.15, -0.1) is 0 Å². The highest BCUT2D eigenvalue weighted by molar-refractivity contribution is 7.98. The Labute approximate surface area is 115 Å². The van der Waals surface area contributed by atoms with Crippen LogP contribution in [0, 0.1) is 25.2 Å². The number of thioether (sulfide) groups is 1. The van der Waals surface area contributed by atoms with Gasteiger partial charge in [0, 0.05) is 5.56 Å². The maximum atomic E-state index is 11.9. The van der Waals surface area contributed by atoms with Gasteiger partial charge >= 0.3 is 0 Å². The summed E-state index contributed by atoms with van der Waals surface area (Å²) >= 11 is 1.35. The molecule has 19 heavy (non-hydrogen) atoms. The van der Waals surface area contributed by atoms with E-state index in [2.05, 4.69) is 9.97 Å². The van der Waals surface area contributed by atoms with E-state index in [1.165, 1.54) is 11.8 Å². The molecule has 0 saturated heterocycles. The van der Waals surface area contributed by atoms with Crippen molar-refractivity contribution in [3.8, 4) is 17.3 Å². The van der Waals surface area contributed by atoms with Gasteiger partial charge in [-0.3, -0.25) is 4.79 Å². The SMILES string of the molecule is CSc1nc(-c2c(C)cccc2C)c(C#N)c(=O)[nH]1. The Bertz CT molecular complexity index is 708. The molecule has 0 unspecified atom stereocenters. The molecule has 0 bridgehead atoms. The molecule has 4 nitrogen and oxygen atoms in total. The largest absolute Gasteiger partial charge is 0.300 e. The molecule has 0 radical (unpaired) electrons. The molecule has 0 fully saturated rings. The zero-order valence-electron chi connectivity index (χ0n) is 10.9.